The third-order valence-electron chi connectivity index (χ3n) is 2.07. The van der Waals surface area contributed by atoms with Crippen LogP contribution in [0.25, 0.3) is 0 Å². The molecule has 0 saturated carbocycles. The molecule has 0 unspecified atom stereocenters. The Balaban J connectivity index is 2.66. The maximum Gasteiger partial charge on any atom is 0.252 e. The van der Waals surface area contributed by atoms with Crippen LogP contribution in [0.4, 0.5) is 10.1 Å². The molecule has 6 heteroatoms. The summed E-state index contributed by atoms with van der Waals surface area (Å²) in [6, 6.07) is 2.47. The SMILES string of the molecule is CCOCCNC(=O)c1cc(N)c(F)cc1Br. The second-order valence-electron chi connectivity index (χ2n) is 3.31. The van der Waals surface area contributed by atoms with E-state index in [-0.39, 0.29) is 11.6 Å². The van der Waals surface area contributed by atoms with Crippen LogP contribution < -0.4 is 11.1 Å². The van der Waals surface area contributed by atoms with Gasteiger partial charge in [-0.3, -0.25) is 4.79 Å². The lowest BCUT2D eigenvalue weighted by Gasteiger charge is -2.08. The molecular weight excluding hydrogens is 291 g/mol. The minimum atomic E-state index is -0.553. The molecule has 1 rings (SSSR count). The van der Waals surface area contributed by atoms with Gasteiger partial charge in [0, 0.05) is 17.6 Å². The highest BCUT2D eigenvalue weighted by Crippen LogP contribution is 2.22. The summed E-state index contributed by atoms with van der Waals surface area (Å²) in [4.78, 5) is 11.7. The summed E-state index contributed by atoms with van der Waals surface area (Å²) in [7, 11) is 0. The number of hydrogen-bond donors (Lipinski definition) is 2. The van der Waals surface area contributed by atoms with Gasteiger partial charge in [0.15, 0.2) is 0 Å². The fourth-order valence-electron chi connectivity index (χ4n) is 1.22. The molecule has 3 N–H and O–H groups in total. The van der Waals surface area contributed by atoms with Crippen LogP contribution in [0.3, 0.4) is 0 Å². The van der Waals surface area contributed by atoms with Crippen LogP contribution >= 0.6 is 15.9 Å². The molecule has 1 aromatic rings. The predicted octanol–water partition coefficient (Wildman–Crippen LogP) is 1.94. The Hall–Kier alpha value is -1.14. The van der Waals surface area contributed by atoms with E-state index in [9.17, 15) is 9.18 Å². The van der Waals surface area contributed by atoms with Crippen molar-refractivity contribution in [3.8, 4) is 0 Å². The maximum atomic E-state index is 13.1. The second kappa shape index (κ2) is 6.56. The molecule has 1 amide bonds. The first kappa shape index (κ1) is 13.9. The minimum Gasteiger partial charge on any atom is -0.396 e. The Labute approximate surface area is 107 Å². The van der Waals surface area contributed by atoms with Crippen molar-refractivity contribution in [2.45, 2.75) is 6.92 Å². The quantitative estimate of drug-likeness (QED) is 0.645. The van der Waals surface area contributed by atoms with Gasteiger partial charge in [0.05, 0.1) is 17.9 Å². The van der Waals surface area contributed by atoms with Crippen molar-refractivity contribution in [2.24, 2.45) is 0 Å². The van der Waals surface area contributed by atoms with Crippen LogP contribution in [0.15, 0.2) is 16.6 Å². The first-order valence-corrected chi connectivity index (χ1v) is 5.96. The zero-order chi connectivity index (χ0) is 12.8. The molecule has 4 nitrogen and oxygen atoms in total. The number of amides is 1. The number of anilines is 1. The van der Waals surface area contributed by atoms with Crippen molar-refractivity contribution >= 4 is 27.5 Å². The van der Waals surface area contributed by atoms with E-state index in [1.54, 1.807) is 0 Å². The molecule has 0 bridgehead atoms. The zero-order valence-electron chi connectivity index (χ0n) is 9.43. The Morgan fingerprint density at radius 1 is 1.59 bits per heavy atom. The lowest BCUT2D eigenvalue weighted by Crippen LogP contribution is -2.27. The van der Waals surface area contributed by atoms with Gasteiger partial charge in [-0.05, 0) is 35.0 Å². The van der Waals surface area contributed by atoms with E-state index in [1.165, 1.54) is 12.1 Å². The number of nitrogens with one attached hydrogen (secondary N) is 1. The van der Waals surface area contributed by atoms with Crippen LogP contribution in [0, 0.1) is 5.82 Å². The maximum absolute atomic E-state index is 13.1. The van der Waals surface area contributed by atoms with Crippen LogP contribution in [0.5, 0.6) is 0 Å². The van der Waals surface area contributed by atoms with Crippen molar-refractivity contribution in [2.75, 3.05) is 25.5 Å². The summed E-state index contributed by atoms with van der Waals surface area (Å²) in [6.45, 7) is 3.31. The number of nitrogen functional groups attached to an aromatic ring is 1. The van der Waals surface area contributed by atoms with Gasteiger partial charge in [-0.1, -0.05) is 0 Å². The summed E-state index contributed by atoms with van der Waals surface area (Å²) in [6.07, 6.45) is 0. The fraction of sp³-hybridized carbons (Fsp3) is 0.364. The lowest BCUT2D eigenvalue weighted by molar-refractivity contribution is 0.0922. The molecule has 0 spiro atoms. The highest BCUT2D eigenvalue weighted by Gasteiger charge is 2.12. The summed E-state index contributed by atoms with van der Waals surface area (Å²) >= 11 is 3.12. The van der Waals surface area contributed by atoms with Crippen molar-refractivity contribution in [1.29, 1.82) is 0 Å². The third kappa shape index (κ3) is 3.98. The Kier molecular flexibility index (Phi) is 5.37. The molecule has 0 aliphatic heterocycles. The summed E-state index contributed by atoms with van der Waals surface area (Å²) in [5.41, 5.74) is 5.66. The molecule has 1 aromatic carbocycles. The van der Waals surface area contributed by atoms with Crippen molar-refractivity contribution in [1.82, 2.24) is 5.32 Å². The van der Waals surface area contributed by atoms with Crippen molar-refractivity contribution < 1.29 is 13.9 Å². The molecule has 0 aliphatic rings. The fourth-order valence-corrected chi connectivity index (χ4v) is 1.71. The van der Waals surface area contributed by atoms with E-state index in [0.717, 1.165) is 0 Å². The van der Waals surface area contributed by atoms with E-state index in [4.69, 9.17) is 10.5 Å². The Bertz CT molecular complexity index is 413. The highest BCUT2D eigenvalue weighted by molar-refractivity contribution is 9.10. The number of nitrogens with two attached hydrogens (primary N) is 1. The standard InChI is InChI=1S/C11H14BrFN2O2/c1-2-17-4-3-15-11(16)7-5-10(14)9(13)6-8(7)12/h5-6H,2-4,14H2,1H3,(H,15,16). The van der Waals surface area contributed by atoms with E-state index >= 15 is 0 Å². The minimum absolute atomic E-state index is 0.0526. The van der Waals surface area contributed by atoms with Crippen LogP contribution in [-0.4, -0.2) is 25.7 Å². The van der Waals surface area contributed by atoms with Gasteiger partial charge >= 0.3 is 0 Å². The first-order valence-electron chi connectivity index (χ1n) is 5.16. The summed E-state index contributed by atoms with van der Waals surface area (Å²) in [5, 5.41) is 2.65. The van der Waals surface area contributed by atoms with E-state index in [0.29, 0.717) is 29.8 Å². The first-order chi connectivity index (χ1) is 8.06. The molecule has 0 aromatic heterocycles. The van der Waals surface area contributed by atoms with Crippen molar-refractivity contribution in [3.05, 3.63) is 28.0 Å². The molecule has 0 fully saturated rings. The van der Waals surface area contributed by atoms with Gasteiger partial charge in [0.1, 0.15) is 5.82 Å². The summed E-state index contributed by atoms with van der Waals surface area (Å²) < 4.78 is 18.5. The van der Waals surface area contributed by atoms with Gasteiger partial charge in [0.2, 0.25) is 0 Å². The second-order valence-corrected chi connectivity index (χ2v) is 4.16. The number of carbonyl (C=O) groups is 1. The number of benzene rings is 1. The van der Waals surface area contributed by atoms with E-state index < -0.39 is 5.82 Å². The normalized spacial score (nSPS) is 10.3. The molecule has 0 heterocycles. The molecule has 17 heavy (non-hydrogen) atoms. The lowest BCUT2D eigenvalue weighted by atomic mass is 10.2. The van der Waals surface area contributed by atoms with Gasteiger partial charge in [-0.25, -0.2) is 4.39 Å². The topological polar surface area (TPSA) is 64.3 Å². The summed E-state index contributed by atoms with van der Waals surface area (Å²) in [5.74, 6) is -0.869. The average Bonchev–Trinajstić information content (AvgIpc) is 2.29. The van der Waals surface area contributed by atoms with Gasteiger partial charge in [-0.15, -0.1) is 0 Å². The van der Waals surface area contributed by atoms with Gasteiger partial charge < -0.3 is 15.8 Å². The third-order valence-corrected chi connectivity index (χ3v) is 2.72. The van der Waals surface area contributed by atoms with E-state index in [1.807, 2.05) is 6.92 Å². The average molecular weight is 305 g/mol. The highest BCUT2D eigenvalue weighted by atomic mass is 79.9. The van der Waals surface area contributed by atoms with Crippen molar-refractivity contribution in [3.63, 3.8) is 0 Å². The van der Waals surface area contributed by atoms with Gasteiger partial charge in [-0.2, -0.15) is 0 Å². The Morgan fingerprint density at radius 2 is 2.29 bits per heavy atom. The molecule has 0 radical (unpaired) electrons. The Morgan fingerprint density at radius 3 is 2.94 bits per heavy atom. The molecular formula is C11H14BrFN2O2. The largest absolute Gasteiger partial charge is 0.396 e. The molecule has 0 aliphatic carbocycles. The monoisotopic (exact) mass is 304 g/mol. The number of ether oxygens (including phenoxy) is 1. The smallest absolute Gasteiger partial charge is 0.252 e. The number of halogens is 2. The zero-order valence-corrected chi connectivity index (χ0v) is 11.0. The predicted molar refractivity (Wildman–Crippen MR) is 67.3 cm³/mol. The van der Waals surface area contributed by atoms with Crippen LogP contribution in [-0.2, 0) is 4.74 Å². The number of hydrogen-bond acceptors (Lipinski definition) is 3. The molecule has 94 valence electrons. The molecule has 0 saturated heterocycles. The van der Waals surface area contributed by atoms with Gasteiger partial charge in [0.25, 0.3) is 5.91 Å². The number of carbonyl (C=O) groups excluding carboxylic acids is 1. The molecule has 0 atom stereocenters. The number of rotatable bonds is 5. The van der Waals surface area contributed by atoms with Crippen LogP contribution in [0.2, 0.25) is 0 Å². The van der Waals surface area contributed by atoms with Crippen LogP contribution in [0.1, 0.15) is 17.3 Å². The van der Waals surface area contributed by atoms with E-state index in [2.05, 4.69) is 21.2 Å².